The van der Waals surface area contributed by atoms with E-state index in [4.69, 9.17) is 19.5 Å². The molecule has 2 saturated heterocycles. The minimum atomic E-state index is -0.588. The molecule has 0 radical (unpaired) electrons. The van der Waals surface area contributed by atoms with Crippen molar-refractivity contribution >= 4 is 11.9 Å². The molecular weight excluding hydrogens is 453 g/mol. The number of ether oxygens (including phenoxy) is 3. The molecular formula is C26H26FN3O5. The predicted molar refractivity (Wildman–Crippen MR) is 122 cm³/mol. The molecule has 5 rings (SSSR count). The van der Waals surface area contributed by atoms with Crippen molar-refractivity contribution in [3.63, 3.8) is 0 Å². The zero-order valence-electron chi connectivity index (χ0n) is 19.7. The molecule has 3 aliphatic heterocycles. The zero-order valence-corrected chi connectivity index (χ0v) is 19.7. The lowest BCUT2D eigenvalue weighted by molar-refractivity contribution is -0.139. The first kappa shape index (κ1) is 23.3. The van der Waals surface area contributed by atoms with Gasteiger partial charge in [0.15, 0.2) is 0 Å². The fourth-order valence-corrected chi connectivity index (χ4v) is 5.18. The molecule has 0 bridgehead atoms. The van der Waals surface area contributed by atoms with E-state index in [9.17, 15) is 14.0 Å². The summed E-state index contributed by atoms with van der Waals surface area (Å²) in [7, 11) is 1.41. The number of cyclic esters (lactones) is 1. The summed E-state index contributed by atoms with van der Waals surface area (Å²) in [5, 5.41) is 9.11. The number of nitrogens with zero attached hydrogens (tertiary/aromatic N) is 3. The number of fused-ring (bicyclic) bond motifs is 2. The normalized spacial score (nSPS) is 21.7. The van der Waals surface area contributed by atoms with Crippen LogP contribution in [0.4, 0.5) is 4.39 Å². The Morgan fingerprint density at radius 2 is 2.11 bits per heavy atom. The van der Waals surface area contributed by atoms with Crippen LogP contribution in [0, 0.1) is 24.1 Å². The first-order valence-electron chi connectivity index (χ1n) is 11.6. The lowest BCUT2D eigenvalue weighted by Gasteiger charge is -2.46. The van der Waals surface area contributed by atoms with E-state index in [1.54, 1.807) is 4.90 Å². The highest BCUT2D eigenvalue weighted by molar-refractivity contribution is 5.94. The molecule has 2 fully saturated rings. The van der Waals surface area contributed by atoms with Crippen LogP contribution in [-0.4, -0.2) is 67.6 Å². The minimum Gasteiger partial charge on any atom is -0.495 e. The molecule has 0 aliphatic carbocycles. The first-order chi connectivity index (χ1) is 16.9. The average molecular weight is 480 g/mol. The number of amides is 1. The maximum atomic E-state index is 14.5. The SMILES string of the molecule is COc1cc(CC(=O)N2CCN3C[C@@H](c4ccc5c(c4C)COC5=O)OCC3C2)c(F)cc1C#N. The number of benzene rings is 2. The Labute approximate surface area is 202 Å². The largest absolute Gasteiger partial charge is 0.495 e. The first-order valence-corrected chi connectivity index (χ1v) is 11.6. The summed E-state index contributed by atoms with van der Waals surface area (Å²) >= 11 is 0. The molecule has 3 aliphatic rings. The van der Waals surface area contributed by atoms with Gasteiger partial charge in [-0.05, 0) is 36.2 Å². The van der Waals surface area contributed by atoms with Crippen LogP contribution in [0.3, 0.4) is 0 Å². The second-order valence-corrected chi connectivity index (χ2v) is 9.13. The molecule has 35 heavy (non-hydrogen) atoms. The lowest BCUT2D eigenvalue weighted by Crippen LogP contribution is -2.59. The number of nitriles is 1. The highest BCUT2D eigenvalue weighted by Gasteiger charge is 2.37. The maximum Gasteiger partial charge on any atom is 0.338 e. The number of carbonyl (C=O) groups excluding carboxylic acids is 2. The van der Waals surface area contributed by atoms with Crippen LogP contribution in [0.25, 0.3) is 0 Å². The number of morpholine rings is 1. The van der Waals surface area contributed by atoms with Crippen LogP contribution in [0.15, 0.2) is 24.3 Å². The van der Waals surface area contributed by atoms with Gasteiger partial charge in [0.2, 0.25) is 5.91 Å². The van der Waals surface area contributed by atoms with Gasteiger partial charge in [0, 0.05) is 37.3 Å². The zero-order chi connectivity index (χ0) is 24.7. The second kappa shape index (κ2) is 9.29. The van der Waals surface area contributed by atoms with Crippen molar-refractivity contribution in [3.8, 4) is 11.8 Å². The molecule has 2 aromatic carbocycles. The topological polar surface area (TPSA) is 92.1 Å². The number of halogens is 1. The van der Waals surface area contributed by atoms with Crippen LogP contribution in [-0.2, 0) is 27.3 Å². The van der Waals surface area contributed by atoms with E-state index in [0.29, 0.717) is 45.0 Å². The molecule has 0 spiro atoms. The molecule has 9 heteroatoms. The van der Waals surface area contributed by atoms with Crippen molar-refractivity contribution in [3.05, 3.63) is 63.5 Å². The highest BCUT2D eigenvalue weighted by atomic mass is 19.1. The molecule has 0 saturated carbocycles. The van der Waals surface area contributed by atoms with E-state index in [0.717, 1.165) is 22.8 Å². The molecule has 2 atom stereocenters. The van der Waals surface area contributed by atoms with Gasteiger partial charge in [-0.2, -0.15) is 5.26 Å². The number of carbonyl (C=O) groups is 2. The van der Waals surface area contributed by atoms with Gasteiger partial charge < -0.3 is 19.1 Å². The smallest absolute Gasteiger partial charge is 0.338 e. The van der Waals surface area contributed by atoms with Gasteiger partial charge >= 0.3 is 5.97 Å². The Kier molecular flexibility index (Phi) is 6.17. The predicted octanol–water partition coefficient (Wildman–Crippen LogP) is 2.51. The van der Waals surface area contributed by atoms with Crippen LogP contribution in [0.5, 0.6) is 5.75 Å². The van der Waals surface area contributed by atoms with Gasteiger partial charge in [0.1, 0.15) is 24.2 Å². The molecule has 0 aromatic heterocycles. The van der Waals surface area contributed by atoms with E-state index in [-0.39, 0.29) is 47.3 Å². The number of hydrogen-bond acceptors (Lipinski definition) is 7. The fourth-order valence-electron chi connectivity index (χ4n) is 5.18. The minimum absolute atomic E-state index is 0.0592. The number of rotatable bonds is 4. The lowest BCUT2D eigenvalue weighted by atomic mass is 9.94. The summed E-state index contributed by atoms with van der Waals surface area (Å²) in [6.07, 6.45) is -0.214. The van der Waals surface area contributed by atoms with Crippen molar-refractivity contribution < 1.29 is 28.2 Å². The van der Waals surface area contributed by atoms with Crippen molar-refractivity contribution in [1.29, 1.82) is 5.26 Å². The van der Waals surface area contributed by atoms with E-state index in [2.05, 4.69) is 4.90 Å². The van der Waals surface area contributed by atoms with Gasteiger partial charge in [-0.25, -0.2) is 9.18 Å². The van der Waals surface area contributed by atoms with E-state index in [1.165, 1.54) is 13.2 Å². The van der Waals surface area contributed by atoms with Crippen molar-refractivity contribution in [2.75, 3.05) is 39.9 Å². The van der Waals surface area contributed by atoms with E-state index >= 15 is 0 Å². The van der Waals surface area contributed by atoms with Crippen LogP contribution >= 0.6 is 0 Å². The third-order valence-electron chi connectivity index (χ3n) is 7.23. The van der Waals surface area contributed by atoms with Gasteiger partial charge in [-0.3, -0.25) is 9.69 Å². The third kappa shape index (κ3) is 4.24. The molecule has 3 heterocycles. The Bertz CT molecular complexity index is 1240. The molecule has 2 aromatic rings. The van der Waals surface area contributed by atoms with E-state index in [1.807, 2.05) is 25.1 Å². The number of piperazine rings is 1. The number of esters is 1. The summed E-state index contributed by atoms with van der Waals surface area (Å²) in [6, 6.07) is 8.25. The molecule has 182 valence electrons. The van der Waals surface area contributed by atoms with Gasteiger partial charge in [-0.1, -0.05) is 6.07 Å². The fraction of sp³-hybridized carbons (Fsp3) is 0.423. The monoisotopic (exact) mass is 479 g/mol. The summed E-state index contributed by atoms with van der Waals surface area (Å²) in [5.41, 5.74) is 3.96. The Morgan fingerprint density at radius 3 is 2.89 bits per heavy atom. The number of methoxy groups -OCH3 is 1. The van der Waals surface area contributed by atoms with Crippen LogP contribution in [0.1, 0.15) is 44.3 Å². The standard InChI is InChI=1S/C26H26FN3O5/c1-15-19(3-4-20-21(15)14-35-26(20)32)24-12-29-5-6-30(11-18(29)13-34-24)25(31)9-16-8-23(33-2)17(10-28)7-22(16)27/h3-4,7-8,18,24H,5-6,9,11-14H2,1-2H3/t18?,24-/m0/s1. The Balaban J connectivity index is 1.23. The molecule has 1 amide bonds. The van der Waals surface area contributed by atoms with Crippen LogP contribution in [0.2, 0.25) is 0 Å². The summed E-state index contributed by atoms with van der Waals surface area (Å²) in [6.45, 7) is 5.22. The summed E-state index contributed by atoms with van der Waals surface area (Å²) in [5.74, 6) is -0.781. The maximum absolute atomic E-state index is 14.5. The van der Waals surface area contributed by atoms with Crippen molar-refractivity contribution in [1.82, 2.24) is 9.80 Å². The van der Waals surface area contributed by atoms with E-state index < -0.39 is 5.82 Å². The second-order valence-electron chi connectivity index (χ2n) is 9.13. The highest BCUT2D eigenvalue weighted by Crippen LogP contribution is 2.34. The molecule has 8 nitrogen and oxygen atoms in total. The van der Waals surface area contributed by atoms with Gasteiger partial charge in [0.25, 0.3) is 0 Å². The Morgan fingerprint density at radius 1 is 1.29 bits per heavy atom. The molecule has 0 N–H and O–H groups in total. The average Bonchev–Trinajstić information content (AvgIpc) is 3.26. The number of hydrogen-bond donors (Lipinski definition) is 0. The van der Waals surface area contributed by atoms with Crippen molar-refractivity contribution in [2.24, 2.45) is 0 Å². The van der Waals surface area contributed by atoms with Crippen LogP contribution < -0.4 is 4.74 Å². The Hall–Kier alpha value is -3.48. The van der Waals surface area contributed by atoms with Gasteiger partial charge in [-0.15, -0.1) is 0 Å². The summed E-state index contributed by atoms with van der Waals surface area (Å²) in [4.78, 5) is 28.9. The van der Waals surface area contributed by atoms with Gasteiger partial charge in [0.05, 0.1) is 43.4 Å². The molecule has 1 unspecified atom stereocenters. The van der Waals surface area contributed by atoms with Crippen molar-refractivity contribution in [2.45, 2.75) is 32.1 Å². The quantitative estimate of drug-likeness (QED) is 0.623. The third-order valence-corrected chi connectivity index (χ3v) is 7.23. The summed E-state index contributed by atoms with van der Waals surface area (Å²) < 4.78 is 31.0.